The van der Waals surface area contributed by atoms with E-state index in [0.29, 0.717) is 17.3 Å². The van der Waals surface area contributed by atoms with Gasteiger partial charge in [-0.2, -0.15) is 4.80 Å². The highest BCUT2D eigenvalue weighted by molar-refractivity contribution is 5.97. The third kappa shape index (κ3) is 4.21. The number of nitrogens with zero attached hydrogens (tertiary/aromatic N) is 5. The molecule has 3 aromatic rings. The van der Waals surface area contributed by atoms with Gasteiger partial charge in [-0.05, 0) is 49.5 Å². The predicted molar refractivity (Wildman–Crippen MR) is 115 cm³/mol. The summed E-state index contributed by atoms with van der Waals surface area (Å²) >= 11 is 0. The first-order valence-electron chi connectivity index (χ1n) is 10.6. The highest BCUT2D eigenvalue weighted by atomic mass is 16.5. The molecule has 1 atom stereocenters. The maximum Gasteiger partial charge on any atom is 0.204 e. The molecule has 0 unspecified atom stereocenters. The SMILES string of the molecule is Cc1cc(C(=O)Cn2nnc(-c3ccc(C(C)C)cc3)n2)c(C)n1C[C@@H]1CCCO1. The lowest BCUT2D eigenvalue weighted by Gasteiger charge is -2.14. The van der Waals surface area contributed by atoms with E-state index in [4.69, 9.17) is 4.74 Å². The summed E-state index contributed by atoms with van der Waals surface area (Å²) in [7, 11) is 0. The third-order valence-corrected chi connectivity index (χ3v) is 5.86. The van der Waals surface area contributed by atoms with Crippen LogP contribution in [0, 0.1) is 13.8 Å². The number of Topliss-reactive ketones (excluding diaryl/α,β-unsaturated/α-hetero) is 1. The molecule has 0 radical (unpaired) electrons. The number of carbonyl (C=O) groups is 1. The van der Waals surface area contributed by atoms with Crippen molar-refractivity contribution in [2.45, 2.75) is 65.6 Å². The van der Waals surface area contributed by atoms with E-state index in [9.17, 15) is 4.79 Å². The molecule has 7 heteroatoms. The number of ether oxygens (including phenoxy) is 1. The molecule has 4 rings (SSSR count). The van der Waals surface area contributed by atoms with Crippen LogP contribution < -0.4 is 0 Å². The van der Waals surface area contributed by atoms with Crippen LogP contribution in [0.3, 0.4) is 0 Å². The number of carbonyl (C=O) groups excluding carboxylic acids is 1. The normalized spacial score (nSPS) is 16.5. The van der Waals surface area contributed by atoms with Gasteiger partial charge in [-0.25, -0.2) is 0 Å². The van der Waals surface area contributed by atoms with Crippen LogP contribution in [-0.4, -0.2) is 43.3 Å². The zero-order valence-corrected chi connectivity index (χ0v) is 18.1. The van der Waals surface area contributed by atoms with Crippen molar-refractivity contribution < 1.29 is 9.53 Å². The van der Waals surface area contributed by atoms with Crippen LogP contribution in [0.5, 0.6) is 0 Å². The summed E-state index contributed by atoms with van der Waals surface area (Å²) in [5.74, 6) is 0.988. The Hall–Kier alpha value is -2.80. The van der Waals surface area contributed by atoms with E-state index in [2.05, 4.69) is 46.0 Å². The Morgan fingerprint density at radius 3 is 2.67 bits per heavy atom. The molecule has 2 aromatic heterocycles. The summed E-state index contributed by atoms with van der Waals surface area (Å²) in [6.07, 6.45) is 2.42. The standard InChI is InChI=1S/C23H29N5O2/c1-15(2)18-7-9-19(10-8-18)23-24-26-28(25-23)14-22(29)21-12-16(3)27(17(21)4)13-20-6-5-11-30-20/h7-10,12,15,20H,5-6,11,13-14H2,1-4H3/t20-/m0/s1. The monoisotopic (exact) mass is 407 g/mol. The fourth-order valence-electron chi connectivity index (χ4n) is 4.01. The van der Waals surface area contributed by atoms with Crippen molar-refractivity contribution in [2.75, 3.05) is 6.61 Å². The van der Waals surface area contributed by atoms with Crippen molar-refractivity contribution in [3.8, 4) is 11.4 Å². The van der Waals surface area contributed by atoms with Crippen LogP contribution in [0.2, 0.25) is 0 Å². The predicted octanol–water partition coefficient (Wildman–Crippen LogP) is 3.94. The second kappa shape index (κ2) is 8.52. The molecule has 7 nitrogen and oxygen atoms in total. The lowest BCUT2D eigenvalue weighted by Crippen LogP contribution is -2.18. The zero-order chi connectivity index (χ0) is 21.3. The molecule has 0 bridgehead atoms. The van der Waals surface area contributed by atoms with Gasteiger partial charge in [-0.15, -0.1) is 10.2 Å². The average molecular weight is 408 g/mol. The fraction of sp³-hybridized carbons (Fsp3) is 0.478. The van der Waals surface area contributed by atoms with Crippen LogP contribution in [0.25, 0.3) is 11.4 Å². The van der Waals surface area contributed by atoms with Gasteiger partial charge in [0.1, 0.15) is 6.54 Å². The molecule has 1 aliphatic rings. The Morgan fingerprint density at radius 1 is 1.23 bits per heavy atom. The number of benzene rings is 1. The highest BCUT2D eigenvalue weighted by Crippen LogP contribution is 2.22. The summed E-state index contributed by atoms with van der Waals surface area (Å²) in [6, 6.07) is 10.1. The topological polar surface area (TPSA) is 74.8 Å². The Labute approximate surface area is 177 Å². The molecule has 1 fully saturated rings. The fourth-order valence-corrected chi connectivity index (χ4v) is 4.01. The number of aryl methyl sites for hydroxylation is 1. The van der Waals surface area contributed by atoms with Crippen LogP contribution in [-0.2, 0) is 17.8 Å². The van der Waals surface area contributed by atoms with Gasteiger partial charge in [-0.3, -0.25) is 4.79 Å². The number of ketones is 1. The van der Waals surface area contributed by atoms with Gasteiger partial charge in [0.2, 0.25) is 5.82 Å². The second-order valence-electron chi connectivity index (χ2n) is 8.37. The molecule has 3 heterocycles. The maximum atomic E-state index is 12.9. The van der Waals surface area contributed by atoms with Gasteiger partial charge < -0.3 is 9.30 Å². The van der Waals surface area contributed by atoms with Crippen molar-refractivity contribution >= 4 is 5.78 Å². The minimum Gasteiger partial charge on any atom is -0.376 e. The molecule has 158 valence electrons. The molecular weight excluding hydrogens is 378 g/mol. The first-order chi connectivity index (χ1) is 14.4. The van der Waals surface area contributed by atoms with E-state index < -0.39 is 0 Å². The number of hydrogen-bond acceptors (Lipinski definition) is 5. The number of tetrazole rings is 1. The van der Waals surface area contributed by atoms with Crippen molar-refractivity contribution in [2.24, 2.45) is 0 Å². The Kier molecular flexibility index (Phi) is 5.81. The van der Waals surface area contributed by atoms with Gasteiger partial charge in [0.25, 0.3) is 0 Å². The van der Waals surface area contributed by atoms with Crippen molar-refractivity contribution in [1.82, 2.24) is 24.8 Å². The second-order valence-corrected chi connectivity index (χ2v) is 8.37. The lowest BCUT2D eigenvalue weighted by molar-refractivity contribution is 0.0943. The van der Waals surface area contributed by atoms with Gasteiger partial charge >= 0.3 is 0 Å². The largest absolute Gasteiger partial charge is 0.376 e. The molecule has 0 spiro atoms. The summed E-state index contributed by atoms with van der Waals surface area (Å²) in [5, 5.41) is 12.6. The Bertz CT molecular complexity index is 1030. The molecule has 1 aliphatic heterocycles. The van der Waals surface area contributed by atoms with Crippen LogP contribution in [0.1, 0.15) is 59.9 Å². The summed E-state index contributed by atoms with van der Waals surface area (Å²) < 4.78 is 7.94. The van der Waals surface area contributed by atoms with Gasteiger partial charge in [0.15, 0.2) is 5.78 Å². The van der Waals surface area contributed by atoms with E-state index in [0.717, 1.165) is 42.9 Å². The highest BCUT2D eigenvalue weighted by Gasteiger charge is 2.21. The van der Waals surface area contributed by atoms with Gasteiger partial charge in [0, 0.05) is 35.7 Å². The van der Waals surface area contributed by atoms with Gasteiger partial charge in [0.05, 0.1) is 6.10 Å². The van der Waals surface area contributed by atoms with Gasteiger partial charge in [-0.1, -0.05) is 38.1 Å². The Morgan fingerprint density at radius 2 is 2.00 bits per heavy atom. The number of aromatic nitrogens is 5. The van der Waals surface area contributed by atoms with E-state index in [1.54, 1.807) is 0 Å². The smallest absolute Gasteiger partial charge is 0.204 e. The first kappa shape index (κ1) is 20.5. The number of rotatable bonds is 7. The van der Waals surface area contributed by atoms with Crippen LogP contribution in [0.15, 0.2) is 30.3 Å². The molecule has 0 aliphatic carbocycles. The molecule has 30 heavy (non-hydrogen) atoms. The molecule has 1 saturated heterocycles. The van der Waals surface area contributed by atoms with Crippen molar-refractivity contribution in [3.63, 3.8) is 0 Å². The first-order valence-corrected chi connectivity index (χ1v) is 10.6. The van der Waals surface area contributed by atoms with Crippen molar-refractivity contribution in [1.29, 1.82) is 0 Å². The third-order valence-electron chi connectivity index (χ3n) is 5.86. The number of hydrogen-bond donors (Lipinski definition) is 0. The van der Waals surface area contributed by atoms with E-state index in [1.807, 2.05) is 32.0 Å². The average Bonchev–Trinajstić information content (AvgIpc) is 3.46. The van der Waals surface area contributed by atoms with E-state index in [-0.39, 0.29) is 18.4 Å². The van der Waals surface area contributed by atoms with Crippen LogP contribution in [0.4, 0.5) is 0 Å². The van der Waals surface area contributed by atoms with E-state index >= 15 is 0 Å². The molecule has 0 amide bonds. The Balaban J connectivity index is 1.47. The van der Waals surface area contributed by atoms with E-state index in [1.165, 1.54) is 10.4 Å². The quantitative estimate of drug-likeness (QED) is 0.555. The summed E-state index contributed by atoms with van der Waals surface area (Å²) in [4.78, 5) is 14.3. The molecule has 0 N–H and O–H groups in total. The van der Waals surface area contributed by atoms with Crippen LogP contribution >= 0.6 is 0 Å². The summed E-state index contributed by atoms with van der Waals surface area (Å²) in [6.45, 7) is 10.0. The van der Waals surface area contributed by atoms with Crippen molar-refractivity contribution in [3.05, 3.63) is 52.8 Å². The summed E-state index contributed by atoms with van der Waals surface area (Å²) in [5.41, 5.74) is 4.92. The lowest BCUT2D eigenvalue weighted by atomic mass is 10.0. The minimum atomic E-state index is -0.0132. The molecule has 0 saturated carbocycles. The molecule has 1 aromatic carbocycles. The molecular formula is C23H29N5O2. The maximum absolute atomic E-state index is 12.9. The zero-order valence-electron chi connectivity index (χ0n) is 18.1. The minimum absolute atomic E-state index is 0.0132.